The number of hydrogen-bond acceptors (Lipinski definition) is 4. The lowest BCUT2D eigenvalue weighted by molar-refractivity contribution is 0.0941. The zero-order valence-corrected chi connectivity index (χ0v) is 19.0. The molecule has 1 aliphatic heterocycles. The number of Topliss-reactive ketones (excluding diaryl/α,β-unsaturated/α-hetero) is 1. The Labute approximate surface area is 192 Å². The van der Waals surface area contributed by atoms with Crippen molar-refractivity contribution in [3.8, 4) is 0 Å². The zero-order chi connectivity index (χ0) is 21.8. The van der Waals surface area contributed by atoms with Crippen molar-refractivity contribution < 1.29 is 14.3 Å². The summed E-state index contributed by atoms with van der Waals surface area (Å²) in [7, 11) is 0. The molecule has 2 heterocycles. The third kappa shape index (κ3) is 5.80. The monoisotopic (exact) mass is 463 g/mol. The van der Waals surface area contributed by atoms with Crippen LogP contribution in [0.4, 0.5) is 4.79 Å². The number of carbonyl (C=O) groups excluding carboxylic acids is 2. The van der Waals surface area contributed by atoms with Gasteiger partial charge in [-0.1, -0.05) is 55.3 Å². The highest BCUT2D eigenvalue weighted by atomic mass is 35.5. The summed E-state index contributed by atoms with van der Waals surface area (Å²) in [6.07, 6.45) is 6.91. The molecule has 0 saturated heterocycles. The van der Waals surface area contributed by atoms with Crippen molar-refractivity contribution in [3.05, 3.63) is 51.3 Å². The van der Waals surface area contributed by atoms with Gasteiger partial charge in [0, 0.05) is 29.6 Å². The Bertz CT molecular complexity index is 933. The van der Waals surface area contributed by atoms with Gasteiger partial charge in [-0.05, 0) is 42.2 Å². The number of aromatic nitrogens is 2. The molecule has 1 amide bonds. The first-order valence-electron chi connectivity index (χ1n) is 10.9. The highest BCUT2D eigenvalue weighted by molar-refractivity contribution is 6.34. The summed E-state index contributed by atoms with van der Waals surface area (Å²) in [4.78, 5) is 27.0. The lowest BCUT2D eigenvalue weighted by atomic mass is 9.85. The fourth-order valence-corrected chi connectivity index (χ4v) is 5.01. The quantitative estimate of drug-likeness (QED) is 0.518. The Morgan fingerprint density at radius 1 is 1.00 bits per heavy atom. The second-order valence-corrected chi connectivity index (χ2v) is 9.36. The molecule has 1 aromatic carbocycles. The van der Waals surface area contributed by atoms with E-state index in [0.717, 1.165) is 30.5 Å². The maximum absolute atomic E-state index is 12.7. The number of hydrogen-bond donors (Lipinski definition) is 0. The van der Waals surface area contributed by atoms with E-state index in [2.05, 4.69) is 5.10 Å². The molecule has 0 N–H and O–H groups in total. The molecule has 2 aliphatic rings. The minimum Gasteiger partial charge on any atom is -0.445 e. The fourth-order valence-electron chi connectivity index (χ4n) is 4.44. The molecule has 4 rings (SSSR count). The van der Waals surface area contributed by atoms with Crippen LogP contribution in [0.15, 0.2) is 24.3 Å². The number of carbonyl (C=O) groups is 2. The van der Waals surface area contributed by atoms with Crippen LogP contribution in [0.25, 0.3) is 0 Å². The van der Waals surface area contributed by atoms with Crippen molar-refractivity contribution in [2.45, 2.75) is 64.6 Å². The van der Waals surface area contributed by atoms with E-state index in [4.69, 9.17) is 27.9 Å². The number of rotatable bonds is 5. The molecule has 0 spiro atoms. The summed E-state index contributed by atoms with van der Waals surface area (Å²) >= 11 is 12.0. The fraction of sp³-hybridized carbons (Fsp3) is 0.522. The largest absolute Gasteiger partial charge is 0.445 e. The number of nitrogens with zero attached hydrogens (tertiary/aromatic N) is 3. The van der Waals surface area contributed by atoms with Gasteiger partial charge in [-0.2, -0.15) is 5.10 Å². The van der Waals surface area contributed by atoms with Gasteiger partial charge in [0.25, 0.3) is 0 Å². The number of halogens is 2. The average Bonchev–Trinajstić information content (AvgIpc) is 3.04. The van der Waals surface area contributed by atoms with Gasteiger partial charge in [-0.15, -0.1) is 0 Å². The molecule has 1 fully saturated rings. The molecule has 1 aliphatic carbocycles. The molecular formula is C23H27Cl2N3O3. The topological polar surface area (TPSA) is 64.4 Å². The maximum Gasteiger partial charge on any atom is 0.410 e. The van der Waals surface area contributed by atoms with Gasteiger partial charge in [0.05, 0.1) is 12.2 Å². The minimum atomic E-state index is -0.402. The summed E-state index contributed by atoms with van der Waals surface area (Å²) in [6.45, 7) is 1.72. The standard InChI is InChI=1S/C23H27Cl2N3O3/c24-18-9-17(10-19(25)12-18)15-31-23(30)27-7-4-8-28-20(14-27)13-21(26-28)22(29)11-16-5-2-1-3-6-16/h9-10,12-13,16H,1-8,11,14-15H2. The molecule has 1 aromatic heterocycles. The molecular weight excluding hydrogens is 437 g/mol. The van der Waals surface area contributed by atoms with Crippen molar-refractivity contribution in [2.24, 2.45) is 5.92 Å². The van der Waals surface area contributed by atoms with E-state index in [-0.39, 0.29) is 12.4 Å². The van der Waals surface area contributed by atoms with Crippen LogP contribution in [0.1, 0.15) is 66.7 Å². The number of benzene rings is 1. The predicted octanol–water partition coefficient (Wildman–Crippen LogP) is 5.89. The van der Waals surface area contributed by atoms with Crippen LogP contribution in [-0.4, -0.2) is 33.1 Å². The van der Waals surface area contributed by atoms with Gasteiger partial charge in [-0.25, -0.2) is 4.79 Å². The molecule has 2 aromatic rings. The van der Waals surface area contributed by atoms with E-state index < -0.39 is 6.09 Å². The maximum atomic E-state index is 12.7. The van der Waals surface area contributed by atoms with Crippen LogP contribution < -0.4 is 0 Å². The van der Waals surface area contributed by atoms with Gasteiger partial charge in [-0.3, -0.25) is 9.48 Å². The third-order valence-corrected chi connectivity index (χ3v) is 6.48. The Kier molecular flexibility index (Phi) is 7.18. The van der Waals surface area contributed by atoms with Crippen molar-refractivity contribution >= 4 is 35.1 Å². The first-order chi connectivity index (χ1) is 15.0. The number of amides is 1. The molecule has 6 nitrogen and oxygen atoms in total. The second-order valence-electron chi connectivity index (χ2n) is 8.48. The molecule has 8 heteroatoms. The molecule has 166 valence electrons. The molecule has 31 heavy (non-hydrogen) atoms. The van der Waals surface area contributed by atoms with E-state index in [1.807, 2.05) is 10.7 Å². The summed E-state index contributed by atoms with van der Waals surface area (Å²) < 4.78 is 7.34. The molecule has 1 saturated carbocycles. The Morgan fingerprint density at radius 3 is 2.48 bits per heavy atom. The first kappa shape index (κ1) is 22.2. The van der Waals surface area contributed by atoms with Gasteiger partial charge < -0.3 is 9.64 Å². The molecule has 0 bridgehead atoms. The van der Waals surface area contributed by atoms with Crippen LogP contribution in [0.2, 0.25) is 10.0 Å². The van der Waals surface area contributed by atoms with E-state index in [9.17, 15) is 9.59 Å². The number of ketones is 1. The van der Waals surface area contributed by atoms with Gasteiger partial charge in [0.15, 0.2) is 5.78 Å². The van der Waals surface area contributed by atoms with Crippen LogP contribution in [0, 0.1) is 5.92 Å². The lowest BCUT2D eigenvalue weighted by Gasteiger charge is -2.20. The van der Waals surface area contributed by atoms with Gasteiger partial charge in [0.2, 0.25) is 0 Å². The minimum absolute atomic E-state index is 0.0972. The van der Waals surface area contributed by atoms with E-state index in [1.54, 1.807) is 23.1 Å². The number of fused-ring (bicyclic) bond motifs is 1. The smallest absolute Gasteiger partial charge is 0.410 e. The van der Waals surface area contributed by atoms with Crippen molar-refractivity contribution in [2.75, 3.05) is 6.54 Å². The predicted molar refractivity (Wildman–Crippen MR) is 119 cm³/mol. The zero-order valence-electron chi connectivity index (χ0n) is 17.5. The SMILES string of the molecule is O=C(CC1CCCCC1)c1cc2n(n1)CCCN(C(=O)OCc1cc(Cl)cc(Cl)c1)C2. The highest BCUT2D eigenvalue weighted by Gasteiger charge is 2.25. The summed E-state index contributed by atoms with van der Waals surface area (Å²) in [5.41, 5.74) is 2.12. The summed E-state index contributed by atoms with van der Waals surface area (Å²) in [5, 5.41) is 5.55. The summed E-state index contributed by atoms with van der Waals surface area (Å²) in [5.74, 6) is 0.591. The third-order valence-electron chi connectivity index (χ3n) is 6.04. The normalized spacial score (nSPS) is 17.2. The van der Waals surface area contributed by atoms with Crippen LogP contribution in [0.5, 0.6) is 0 Å². The van der Waals surface area contributed by atoms with Crippen LogP contribution >= 0.6 is 23.2 Å². The highest BCUT2D eigenvalue weighted by Crippen LogP contribution is 2.28. The van der Waals surface area contributed by atoms with E-state index in [1.165, 1.54) is 19.3 Å². The van der Waals surface area contributed by atoms with Gasteiger partial charge >= 0.3 is 6.09 Å². The average molecular weight is 464 g/mol. The van der Waals surface area contributed by atoms with Crippen LogP contribution in [0.3, 0.4) is 0 Å². The first-order valence-corrected chi connectivity index (χ1v) is 11.7. The molecule has 0 unspecified atom stereocenters. The Morgan fingerprint density at radius 2 is 1.74 bits per heavy atom. The Hall–Kier alpha value is -2.05. The molecule has 0 radical (unpaired) electrons. The summed E-state index contributed by atoms with van der Waals surface area (Å²) in [6, 6.07) is 6.93. The van der Waals surface area contributed by atoms with Gasteiger partial charge in [0.1, 0.15) is 12.3 Å². The lowest BCUT2D eigenvalue weighted by Crippen LogP contribution is -2.31. The second kappa shape index (κ2) is 10.0. The Balaban J connectivity index is 1.37. The molecule has 0 atom stereocenters. The van der Waals surface area contributed by atoms with Crippen molar-refractivity contribution in [3.63, 3.8) is 0 Å². The van der Waals surface area contributed by atoms with E-state index >= 15 is 0 Å². The van der Waals surface area contributed by atoms with Crippen LogP contribution in [-0.2, 0) is 24.4 Å². The van der Waals surface area contributed by atoms with Crippen molar-refractivity contribution in [1.29, 1.82) is 0 Å². The number of ether oxygens (including phenoxy) is 1. The van der Waals surface area contributed by atoms with E-state index in [0.29, 0.717) is 47.7 Å². The number of aryl methyl sites for hydroxylation is 1. The van der Waals surface area contributed by atoms with Crippen molar-refractivity contribution in [1.82, 2.24) is 14.7 Å².